The fraction of sp³-hybridized carbons (Fsp3) is 0.700. The molecule has 1 saturated heterocycles. The zero-order chi connectivity index (χ0) is 30.4. The number of amides is 3. The van der Waals surface area contributed by atoms with Crippen molar-refractivity contribution in [2.24, 2.45) is 0 Å². The fourth-order valence-electron chi connectivity index (χ4n) is 4.25. The lowest BCUT2D eigenvalue weighted by atomic mass is 9.92. The van der Waals surface area contributed by atoms with Crippen LogP contribution in [0.5, 0.6) is 0 Å². The van der Waals surface area contributed by atoms with Crippen molar-refractivity contribution in [1.82, 2.24) is 16.0 Å². The number of epoxide rings is 1. The van der Waals surface area contributed by atoms with E-state index in [0.29, 0.717) is 32.8 Å². The van der Waals surface area contributed by atoms with Crippen LogP contribution in [0.4, 0.5) is 14.4 Å². The van der Waals surface area contributed by atoms with Gasteiger partial charge >= 0.3 is 18.3 Å². The largest absolute Gasteiger partial charge is 0.450 e. The lowest BCUT2D eigenvalue weighted by Gasteiger charge is -2.28. The van der Waals surface area contributed by atoms with Crippen molar-refractivity contribution in [2.75, 3.05) is 40.0 Å². The smallest absolute Gasteiger partial charge is 0.408 e. The summed E-state index contributed by atoms with van der Waals surface area (Å²) >= 11 is 0. The van der Waals surface area contributed by atoms with Gasteiger partial charge in [-0.25, -0.2) is 14.4 Å². The van der Waals surface area contributed by atoms with Crippen LogP contribution in [0.3, 0.4) is 0 Å². The monoisotopic (exact) mass is 579 g/mol. The van der Waals surface area contributed by atoms with Crippen LogP contribution in [0, 0.1) is 0 Å². The first kappa shape index (κ1) is 34.2. The Labute approximate surface area is 244 Å². The average molecular weight is 580 g/mol. The summed E-state index contributed by atoms with van der Waals surface area (Å²) in [4.78, 5) is 36.0. The maximum atomic E-state index is 12.4. The Hall–Kier alpha value is -3.05. The number of unbranched alkanes of at least 4 members (excludes halogenated alkanes) is 4. The number of carbonyl (C=O) groups excluding carboxylic acids is 3. The summed E-state index contributed by atoms with van der Waals surface area (Å²) in [7, 11) is 1.66. The Morgan fingerprint density at radius 2 is 1.17 bits per heavy atom. The SMILES string of the molecule is CCOC(=O)NCCCCCNC(=O)OC(C)(C)c1ccc(C(C)(C)OC(=O)NCCCCCC2(OC)CO2)cc1. The molecule has 1 aliphatic rings. The number of methoxy groups -OCH3 is 1. The summed E-state index contributed by atoms with van der Waals surface area (Å²) in [6, 6.07) is 7.50. The van der Waals surface area contributed by atoms with E-state index in [4.69, 9.17) is 23.7 Å². The van der Waals surface area contributed by atoms with Crippen LogP contribution < -0.4 is 16.0 Å². The number of alkyl carbamates (subject to hydrolysis) is 3. The van der Waals surface area contributed by atoms with Crippen LogP contribution in [0.15, 0.2) is 24.3 Å². The number of benzene rings is 1. The standard InChI is InChI=1S/C30H49N3O8/c1-7-38-25(34)31-19-12-9-13-21-33-27(36)41-29(4,5)24-16-14-23(15-17-24)28(2,3)40-26(35)32-20-11-8-10-18-30(37-6)22-39-30/h14-17H,7-13,18-22H2,1-6H3,(H,31,34)(H,32,35)(H,33,36). The Balaban J connectivity index is 1.67. The van der Waals surface area contributed by atoms with Crippen molar-refractivity contribution in [3.63, 3.8) is 0 Å². The number of rotatable bonds is 18. The molecule has 0 saturated carbocycles. The van der Waals surface area contributed by atoms with Crippen molar-refractivity contribution in [3.8, 4) is 0 Å². The molecule has 0 aromatic heterocycles. The van der Waals surface area contributed by atoms with E-state index in [0.717, 1.165) is 56.1 Å². The van der Waals surface area contributed by atoms with Crippen LogP contribution in [0.1, 0.15) is 90.7 Å². The number of nitrogens with one attached hydrogen (secondary N) is 3. The molecule has 11 nitrogen and oxygen atoms in total. The van der Waals surface area contributed by atoms with E-state index in [-0.39, 0.29) is 5.79 Å². The maximum Gasteiger partial charge on any atom is 0.408 e. The zero-order valence-corrected chi connectivity index (χ0v) is 25.6. The topological polar surface area (TPSA) is 137 Å². The molecule has 0 spiro atoms. The summed E-state index contributed by atoms with van der Waals surface area (Å²) in [5.74, 6) is -0.368. The Bertz CT molecular complexity index is 961. The van der Waals surface area contributed by atoms with Crippen LogP contribution in [0.25, 0.3) is 0 Å². The van der Waals surface area contributed by atoms with E-state index in [9.17, 15) is 14.4 Å². The first-order valence-corrected chi connectivity index (χ1v) is 14.6. The molecule has 232 valence electrons. The van der Waals surface area contributed by atoms with Gasteiger partial charge in [-0.05, 0) is 77.8 Å². The van der Waals surface area contributed by atoms with Crippen molar-refractivity contribution in [1.29, 1.82) is 0 Å². The van der Waals surface area contributed by atoms with Crippen molar-refractivity contribution in [3.05, 3.63) is 35.4 Å². The van der Waals surface area contributed by atoms with Gasteiger partial charge < -0.3 is 39.6 Å². The zero-order valence-electron chi connectivity index (χ0n) is 25.6. The van der Waals surface area contributed by atoms with Crippen molar-refractivity contribution >= 4 is 18.3 Å². The summed E-state index contributed by atoms with van der Waals surface area (Å²) in [6.07, 6.45) is 4.68. The molecule has 1 aliphatic heterocycles. The maximum absolute atomic E-state index is 12.4. The molecular weight excluding hydrogens is 530 g/mol. The normalized spacial score (nSPS) is 16.4. The highest BCUT2D eigenvalue weighted by Gasteiger charge is 2.44. The number of ether oxygens (including phenoxy) is 5. The molecule has 0 aliphatic carbocycles. The minimum atomic E-state index is -0.858. The number of carbonyl (C=O) groups is 3. The van der Waals surface area contributed by atoms with E-state index in [1.54, 1.807) is 14.0 Å². The van der Waals surface area contributed by atoms with Gasteiger partial charge in [0.05, 0.1) is 6.61 Å². The first-order chi connectivity index (χ1) is 19.4. The van der Waals surface area contributed by atoms with Gasteiger partial charge in [-0.3, -0.25) is 0 Å². The molecule has 3 amide bonds. The Morgan fingerprint density at radius 3 is 1.56 bits per heavy atom. The lowest BCUT2D eigenvalue weighted by Crippen LogP contribution is -2.34. The van der Waals surface area contributed by atoms with Gasteiger partial charge in [-0.15, -0.1) is 0 Å². The number of hydrogen-bond acceptors (Lipinski definition) is 8. The third-order valence-corrected chi connectivity index (χ3v) is 6.98. The highest BCUT2D eigenvalue weighted by atomic mass is 16.8. The molecule has 3 N–H and O–H groups in total. The molecule has 0 radical (unpaired) electrons. The minimum absolute atomic E-state index is 0.345. The summed E-state index contributed by atoms with van der Waals surface area (Å²) in [5, 5.41) is 8.27. The highest BCUT2D eigenvalue weighted by molar-refractivity contribution is 5.68. The predicted molar refractivity (Wildman–Crippen MR) is 154 cm³/mol. The summed E-state index contributed by atoms with van der Waals surface area (Å²) in [5.41, 5.74) is -0.0643. The molecule has 1 aromatic carbocycles. The first-order valence-electron chi connectivity index (χ1n) is 14.6. The second kappa shape index (κ2) is 16.4. The molecule has 1 fully saturated rings. The van der Waals surface area contributed by atoms with Crippen molar-refractivity contribution < 1.29 is 38.1 Å². The van der Waals surface area contributed by atoms with Crippen LogP contribution in [-0.4, -0.2) is 64.0 Å². The van der Waals surface area contributed by atoms with Gasteiger partial charge in [0, 0.05) is 33.2 Å². The molecule has 11 heteroatoms. The molecule has 0 bridgehead atoms. The van der Waals surface area contributed by atoms with E-state index < -0.39 is 29.5 Å². The highest BCUT2D eigenvalue weighted by Crippen LogP contribution is 2.33. The molecular formula is C30H49N3O8. The number of hydrogen-bond donors (Lipinski definition) is 3. The Kier molecular flexibility index (Phi) is 13.7. The van der Waals surface area contributed by atoms with Crippen molar-refractivity contribution in [2.45, 2.75) is 96.6 Å². The fourth-order valence-corrected chi connectivity index (χ4v) is 4.25. The van der Waals surface area contributed by atoms with Gasteiger partial charge in [0.1, 0.15) is 17.8 Å². The molecule has 1 atom stereocenters. The van der Waals surface area contributed by atoms with E-state index in [1.807, 2.05) is 52.0 Å². The van der Waals surface area contributed by atoms with Crippen LogP contribution >= 0.6 is 0 Å². The second-order valence-electron chi connectivity index (χ2n) is 11.2. The minimum Gasteiger partial charge on any atom is -0.450 e. The van der Waals surface area contributed by atoms with Gasteiger partial charge in [0.2, 0.25) is 0 Å². The lowest BCUT2D eigenvalue weighted by molar-refractivity contribution is -0.0177. The summed E-state index contributed by atoms with van der Waals surface area (Å²) in [6.45, 7) is 11.6. The van der Waals surface area contributed by atoms with Gasteiger partial charge in [-0.1, -0.05) is 30.7 Å². The molecule has 1 heterocycles. The molecule has 1 unspecified atom stereocenters. The molecule has 1 aromatic rings. The third kappa shape index (κ3) is 12.6. The van der Waals surface area contributed by atoms with Crippen LogP contribution in [0.2, 0.25) is 0 Å². The van der Waals surface area contributed by atoms with E-state index in [2.05, 4.69) is 16.0 Å². The van der Waals surface area contributed by atoms with E-state index in [1.165, 1.54) is 0 Å². The van der Waals surface area contributed by atoms with Gasteiger partial charge in [0.15, 0.2) is 5.79 Å². The summed E-state index contributed by atoms with van der Waals surface area (Å²) < 4.78 is 26.8. The van der Waals surface area contributed by atoms with Gasteiger partial charge in [0.25, 0.3) is 0 Å². The molecule has 41 heavy (non-hydrogen) atoms. The average Bonchev–Trinajstić information content (AvgIpc) is 3.70. The van der Waals surface area contributed by atoms with Gasteiger partial charge in [-0.2, -0.15) is 0 Å². The van der Waals surface area contributed by atoms with E-state index >= 15 is 0 Å². The van der Waals surface area contributed by atoms with Crippen LogP contribution in [-0.2, 0) is 34.9 Å². The quantitative estimate of drug-likeness (QED) is 0.118. The third-order valence-electron chi connectivity index (χ3n) is 6.98. The molecule has 2 rings (SSSR count). The predicted octanol–water partition coefficient (Wildman–Crippen LogP) is 5.46. The second-order valence-corrected chi connectivity index (χ2v) is 11.2. The Morgan fingerprint density at radius 1 is 0.756 bits per heavy atom.